The minimum Gasteiger partial charge on any atom is -0.618 e. The average Bonchev–Trinajstić information content (AvgIpc) is 2.54. The lowest BCUT2D eigenvalue weighted by Gasteiger charge is -2.11. The summed E-state index contributed by atoms with van der Waals surface area (Å²) in [4.78, 5) is 0. The van der Waals surface area contributed by atoms with E-state index in [0.717, 1.165) is 10.3 Å². The first-order chi connectivity index (χ1) is 10.3. The number of aromatic nitrogens is 1. The fourth-order valence-electron chi connectivity index (χ4n) is 2.32. The van der Waals surface area contributed by atoms with E-state index in [1.165, 1.54) is 6.20 Å². The van der Waals surface area contributed by atoms with E-state index in [9.17, 15) is 10.3 Å². The minimum absolute atomic E-state index is 0.112. The Morgan fingerprint density at radius 1 is 1.00 bits per heavy atom. The van der Waals surface area contributed by atoms with Crippen LogP contribution in [-0.4, -0.2) is 5.11 Å². The number of hydrogen-bond acceptors (Lipinski definition) is 3. The van der Waals surface area contributed by atoms with E-state index in [1.54, 1.807) is 18.2 Å². The molecule has 0 saturated carbocycles. The number of pyridine rings is 1. The van der Waals surface area contributed by atoms with Crippen LogP contribution in [0.15, 0.2) is 60.8 Å². The van der Waals surface area contributed by atoms with Crippen molar-refractivity contribution < 1.29 is 14.6 Å². The molecule has 4 heteroatoms. The van der Waals surface area contributed by atoms with Gasteiger partial charge in [-0.05, 0) is 23.3 Å². The van der Waals surface area contributed by atoms with Gasteiger partial charge in [-0.3, -0.25) is 0 Å². The Hall–Kier alpha value is -2.59. The van der Waals surface area contributed by atoms with E-state index in [0.29, 0.717) is 28.8 Å². The first-order valence-electron chi connectivity index (χ1n) is 6.71. The van der Waals surface area contributed by atoms with E-state index in [4.69, 9.17) is 4.74 Å². The zero-order valence-corrected chi connectivity index (χ0v) is 11.4. The maximum Gasteiger partial charge on any atom is 0.266 e. The van der Waals surface area contributed by atoms with Crippen molar-refractivity contribution in [2.45, 2.75) is 13.2 Å². The van der Waals surface area contributed by atoms with Crippen LogP contribution in [0.25, 0.3) is 10.9 Å². The molecule has 0 unspecified atom stereocenters. The largest absolute Gasteiger partial charge is 0.618 e. The van der Waals surface area contributed by atoms with Gasteiger partial charge in [0, 0.05) is 6.07 Å². The van der Waals surface area contributed by atoms with Crippen molar-refractivity contribution >= 4 is 10.9 Å². The first-order valence-corrected chi connectivity index (χ1v) is 6.71. The summed E-state index contributed by atoms with van der Waals surface area (Å²) in [6.45, 7) is 0.281. The molecule has 4 nitrogen and oxygen atoms in total. The minimum atomic E-state index is -0.112. The average molecular weight is 281 g/mol. The van der Waals surface area contributed by atoms with Gasteiger partial charge in [-0.15, -0.1) is 0 Å². The van der Waals surface area contributed by atoms with Gasteiger partial charge in [0.2, 0.25) is 0 Å². The fourth-order valence-corrected chi connectivity index (χ4v) is 2.32. The van der Waals surface area contributed by atoms with E-state index in [1.807, 2.05) is 36.4 Å². The topological polar surface area (TPSA) is 56.4 Å². The molecule has 0 radical (unpaired) electrons. The SMILES string of the molecule is [O-][n+]1cccc2c(CO)ccc(OCc3ccccc3)c21. The summed E-state index contributed by atoms with van der Waals surface area (Å²) >= 11 is 0. The van der Waals surface area contributed by atoms with Crippen LogP contribution in [0.5, 0.6) is 5.75 Å². The number of fused-ring (bicyclic) bond motifs is 1. The van der Waals surface area contributed by atoms with E-state index in [-0.39, 0.29) is 6.61 Å². The molecule has 0 bridgehead atoms. The van der Waals surface area contributed by atoms with Crippen LogP contribution in [0.1, 0.15) is 11.1 Å². The Morgan fingerprint density at radius 2 is 1.81 bits per heavy atom. The quantitative estimate of drug-likeness (QED) is 0.590. The van der Waals surface area contributed by atoms with Crippen LogP contribution >= 0.6 is 0 Å². The van der Waals surface area contributed by atoms with Crippen LogP contribution in [-0.2, 0) is 13.2 Å². The van der Waals surface area contributed by atoms with Gasteiger partial charge in [0.25, 0.3) is 5.52 Å². The van der Waals surface area contributed by atoms with Gasteiger partial charge >= 0.3 is 0 Å². The third-order valence-corrected chi connectivity index (χ3v) is 3.38. The molecule has 0 aliphatic rings. The van der Waals surface area contributed by atoms with Crippen LogP contribution in [0, 0.1) is 5.21 Å². The molecule has 0 fully saturated rings. The fraction of sp³-hybridized carbons (Fsp3) is 0.118. The Morgan fingerprint density at radius 3 is 2.57 bits per heavy atom. The smallest absolute Gasteiger partial charge is 0.266 e. The van der Waals surface area contributed by atoms with Gasteiger partial charge in [0.1, 0.15) is 6.61 Å². The summed E-state index contributed by atoms with van der Waals surface area (Å²) in [6, 6.07) is 16.7. The Balaban J connectivity index is 1.99. The summed E-state index contributed by atoms with van der Waals surface area (Å²) in [5.41, 5.74) is 2.19. The zero-order chi connectivity index (χ0) is 14.7. The molecule has 2 aromatic carbocycles. The molecule has 1 heterocycles. The summed E-state index contributed by atoms with van der Waals surface area (Å²) in [6.07, 6.45) is 1.43. The third-order valence-electron chi connectivity index (χ3n) is 3.38. The molecular weight excluding hydrogens is 266 g/mol. The number of aliphatic hydroxyl groups excluding tert-OH is 1. The predicted octanol–water partition coefficient (Wildman–Crippen LogP) is 2.54. The van der Waals surface area contributed by atoms with Crippen LogP contribution in [0.3, 0.4) is 0 Å². The number of hydrogen-bond donors (Lipinski definition) is 1. The van der Waals surface area contributed by atoms with Gasteiger partial charge < -0.3 is 15.1 Å². The monoisotopic (exact) mass is 281 g/mol. The van der Waals surface area contributed by atoms with Crippen molar-refractivity contribution in [3.63, 3.8) is 0 Å². The van der Waals surface area contributed by atoms with Crippen molar-refractivity contribution in [1.29, 1.82) is 0 Å². The number of rotatable bonds is 4. The second kappa shape index (κ2) is 5.81. The molecule has 0 spiro atoms. The van der Waals surface area contributed by atoms with Crippen molar-refractivity contribution in [3.05, 3.63) is 77.1 Å². The molecule has 0 amide bonds. The standard InChI is InChI=1S/C17H15NO3/c19-11-14-8-9-16(17-15(14)7-4-10-18(17)20)21-12-13-5-2-1-3-6-13/h1-10,19H,11-12H2. The highest BCUT2D eigenvalue weighted by molar-refractivity contribution is 5.84. The third kappa shape index (κ3) is 2.66. The molecule has 1 N–H and O–H groups in total. The van der Waals surface area contributed by atoms with Gasteiger partial charge in [-0.2, -0.15) is 4.73 Å². The number of ether oxygens (including phenoxy) is 1. The number of nitrogens with zero attached hydrogens (tertiary/aromatic N) is 1. The lowest BCUT2D eigenvalue weighted by atomic mass is 10.1. The molecular formula is C17H15NO3. The summed E-state index contributed by atoms with van der Waals surface area (Å²) in [5.74, 6) is 0.515. The Labute approximate surface area is 122 Å². The van der Waals surface area contributed by atoms with Gasteiger partial charge in [0.05, 0.1) is 12.0 Å². The Kier molecular flexibility index (Phi) is 3.71. The molecule has 0 aliphatic carbocycles. The van der Waals surface area contributed by atoms with Crippen LogP contribution in [0.2, 0.25) is 0 Å². The maximum absolute atomic E-state index is 12.0. The molecule has 0 saturated heterocycles. The van der Waals surface area contributed by atoms with Crippen molar-refractivity contribution in [1.82, 2.24) is 0 Å². The van der Waals surface area contributed by atoms with E-state index >= 15 is 0 Å². The van der Waals surface area contributed by atoms with Crippen LogP contribution in [0.4, 0.5) is 0 Å². The highest BCUT2D eigenvalue weighted by Crippen LogP contribution is 2.26. The zero-order valence-electron chi connectivity index (χ0n) is 11.4. The maximum atomic E-state index is 12.0. The molecule has 3 aromatic rings. The highest BCUT2D eigenvalue weighted by Gasteiger charge is 2.14. The van der Waals surface area contributed by atoms with E-state index < -0.39 is 0 Å². The molecule has 106 valence electrons. The van der Waals surface area contributed by atoms with Crippen LogP contribution < -0.4 is 9.47 Å². The number of benzene rings is 2. The second-order valence-electron chi connectivity index (χ2n) is 4.75. The lowest BCUT2D eigenvalue weighted by Crippen LogP contribution is -2.26. The van der Waals surface area contributed by atoms with Gasteiger partial charge in [-0.25, -0.2) is 0 Å². The first kappa shape index (κ1) is 13.4. The highest BCUT2D eigenvalue weighted by atomic mass is 16.5. The molecule has 3 rings (SSSR count). The summed E-state index contributed by atoms with van der Waals surface area (Å²) in [5, 5.41) is 22.1. The Bertz CT molecular complexity index is 757. The van der Waals surface area contributed by atoms with Gasteiger partial charge in [0.15, 0.2) is 11.9 Å². The molecule has 1 aromatic heterocycles. The normalized spacial score (nSPS) is 10.7. The molecule has 0 aliphatic heterocycles. The summed E-state index contributed by atoms with van der Waals surface area (Å²) < 4.78 is 6.56. The van der Waals surface area contributed by atoms with E-state index in [2.05, 4.69) is 0 Å². The van der Waals surface area contributed by atoms with Crippen molar-refractivity contribution in [3.8, 4) is 5.75 Å². The number of aliphatic hydroxyl groups is 1. The summed E-state index contributed by atoms with van der Waals surface area (Å²) in [7, 11) is 0. The lowest BCUT2D eigenvalue weighted by molar-refractivity contribution is -0.577. The molecule has 21 heavy (non-hydrogen) atoms. The predicted molar refractivity (Wildman–Crippen MR) is 79.6 cm³/mol. The second-order valence-corrected chi connectivity index (χ2v) is 4.75. The van der Waals surface area contributed by atoms with Gasteiger partial charge in [-0.1, -0.05) is 36.4 Å². The van der Waals surface area contributed by atoms with Crippen molar-refractivity contribution in [2.24, 2.45) is 0 Å². The molecule has 0 atom stereocenters. The van der Waals surface area contributed by atoms with Crippen molar-refractivity contribution in [2.75, 3.05) is 0 Å².